The molecule has 1 unspecified atom stereocenters. The summed E-state index contributed by atoms with van der Waals surface area (Å²) < 4.78 is 7.06. The van der Waals surface area contributed by atoms with E-state index in [9.17, 15) is 9.59 Å². The molecule has 1 aliphatic rings. The second-order valence-electron chi connectivity index (χ2n) is 4.96. The molecule has 0 saturated carbocycles. The number of rotatable bonds is 3. The van der Waals surface area contributed by atoms with Crippen molar-refractivity contribution in [2.45, 2.75) is 18.9 Å². The zero-order chi connectivity index (χ0) is 14.7. The number of ether oxygens (including phenoxy) is 1. The van der Waals surface area contributed by atoms with E-state index in [1.54, 1.807) is 19.3 Å². The Kier molecular flexibility index (Phi) is 6.86. The summed E-state index contributed by atoms with van der Waals surface area (Å²) in [5.41, 5.74) is 6.39. The minimum absolute atomic E-state index is 0. The van der Waals surface area contributed by atoms with E-state index in [1.165, 1.54) is 4.57 Å². The zero-order valence-corrected chi connectivity index (χ0v) is 14.1. The summed E-state index contributed by atoms with van der Waals surface area (Å²) in [6.45, 7) is 1.30. The average molecular weight is 381 g/mol. The van der Waals surface area contributed by atoms with Gasteiger partial charge in [0, 0.05) is 26.5 Å². The molecule has 1 aromatic heterocycles. The van der Waals surface area contributed by atoms with E-state index in [0.29, 0.717) is 23.4 Å². The van der Waals surface area contributed by atoms with E-state index in [4.69, 9.17) is 10.5 Å². The molecule has 1 aromatic rings. The first-order valence-corrected chi connectivity index (χ1v) is 7.28. The van der Waals surface area contributed by atoms with E-state index in [1.807, 2.05) is 0 Å². The van der Waals surface area contributed by atoms with Gasteiger partial charge in [-0.05, 0) is 40.8 Å². The third kappa shape index (κ3) is 4.54. The van der Waals surface area contributed by atoms with Crippen LogP contribution in [0.4, 0.5) is 5.69 Å². The first kappa shape index (κ1) is 18.2. The monoisotopic (exact) mass is 379 g/mol. The Bertz CT molecular complexity index is 532. The molecular weight excluding hydrogens is 362 g/mol. The fourth-order valence-corrected chi connectivity index (χ4v) is 2.78. The first-order chi connectivity index (χ1) is 9.49. The number of aromatic nitrogens is 1. The van der Waals surface area contributed by atoms with E-state index in [-0.39, 0.29) is 29.8 Å². The molecule has 1 saturated heterocycles. The van der Waals surface area contributed by atoms with E-state index in [2.05, 4.69) is 21.2 Å². The molecule has 0 aliphatic carbocycles. The molecule has 0 radical (unpaired) electrons. The molecule has 0 aromatic carbocycles. The van der Waals surface area contributed by atoms with E-state index < -0.39 is 6.04 Å². The summed E-state index contributed by atoms with van der Waals surface area (Å²) in [5.74, 6) is -0.0952. The first-order valence-electron chi connectivity index (χ1n) is 6.49. The van der Waals surface area contributed by atoms with Gasteiger partial charge in [-0.2, -0.15) is 0 Å². The Hall–Kier alpha value is -0.890. The third-order valence-electron chi connectivity index (χ3n) is 3.48. The Labute approximate surface area is 137 Å². The predicted octanol–water partition coefficient (Wildman–Crippen LogP) is 1.26. The SMILES string of the molecule is Cl.Cn1cc(NC(=O)C(N)C2CCOCC2)cc(Br)c1=O. The second-order valence-corrected chi connectivity index (χ2v) is 5.81. The maximum absolute atomic E-state index is 12.1. The van der Waals surface area contributed by atoms with Crippen LogP contribution in [0, 0.1) is 5.92 Å². The van der Waals surface area contributed by atoms with Gasteiger partial charge in [0.25, 0.3) is 5.56 Å². The number of halogens is 2. The van der Waals surface area contributed by atoms with Crippen molar-refractivity contribution in [3.05, 3.63) is 27.1 Å². The Morgan fingerprint density at radius 2 is 2.14 bits per heavy atom. The maximum Gasteiger partial charge on any atom is 0.264 e. The van der Waals surface area contributed by atoms with Crippen molar-refractivity contribution in [1.82, 2.24) is 4.57 Å². The van der Waals surface area contributed by atoms with Gasteiger partial charge in [-0.3, -0.25) is 9.59 Å². The van der Waals surface area contributed by atoms with Gasteiger partial charge in [-0.25, -0.2) is 0 Å². The molecule has 118 valence electrons. The van der Waals surface area contributed by atoms with E-state index in [0.717, 1.165) is 12.8 Å². The van der Waals surface area contributed by atoms with Crippen molar-refractivity contribution < 1.29 is 9.53 Å². The lowest BCUT2D eigenvalue weighted by Crippen LogP contribution is -2.44. The number of carbonyl (C=O) groups excluding carboxylic acids is 1. The molecule has 6 nitrogen and oxygen atoms in total. The van der Waals surface area contributed by atoms with Gasteiger partial charge in [-0.15, -0.1) is 12.4 Å². The molecule has 1 fully saturated rings. The van der Waals surface area contributed by atoms with Crippen molar-refractivity contribution in [2.75, 3.05) is 18.5 Å². The minimum atomic E-state index is -0.560. The van der Waals surface area contributed by atoms with Crippen LogP contribution in [0.25, 0.3) is 0 Å². The number of nitrogens with one attached hydrogen (secondary N) is 1. The summed E-state index contributed by atoms with van der Waals surface area (Å²) >= 11 is 3.17. The molecule has 0 spiro atoms. The number of nitrogens with two attached hydrogens (primary N) is 1. The Morgan fingerprint density at radius 1 is 1.52 bits per heavy atom. The molecule has 1 atom stereocenters. The van der Waals surface area contributed by atoms with Crippen LogP contribution in [0.5, 0.6) is 0 Å². The van der Waals surface area contributed by atoms with Gasteiger partial charge in [0.2, 0.25) is 5.91 Å². The van der Waals surface area contributed by atoms with Gasteiger partial charge in [-0.1, -0.05) is 0 Å². The minimum Gasteiger partial charge on any atom is -0.381 e. The highest BCUT2D eigenvalue weighted by Gasteiger charge is 2.26. The number of hydrogen-bond donors (Lipinski definition) is 2. The van der Waals surface area contributed by atoms with Crippen LogP contribution < -0.4 is 16.6 Å². The molecule has 1 amide bonds. The van der Waals surface area contributed by atoms with Crippen LogP contribution in [0.1, 0.15) is 12.8 Å². The summed E-state index contributed by atoms with van der Waals surface area (Å²) in [7, 11) is 1.63. The van der Waals surface area contributed by atoms with E-state index >= 15 is 0 Å². The van der Waals surface area contributed by atoms with Crippen molar-refractivity contribution in [2.24, 2.45) is 18.7 Å². The average Bonchev–Trinajstić information content (AvgIpc) is 2.44. The lowest BCUT2D eigenvalue weighted by atomic mass is 9.92. The highest BCUT2D eigenvalue weighted by molar-refractivity contribution is 9.10. The number of hydrogen-bond acceptors (Lipinski definition) is 4. The fourth-order valence-electron chi connectivity index (χ4n) is 2.25. The zero-order valence-electron chi connectivity index (χ0n) is 11.7. The number of pyridine rings is 1. The summed E-state index contributed by atoms with van der Waals surface area (Å²) in [4.78, 5) is 23.7. The molecular formula is C13H19BrClN3O3. The molecule has 2 rings (SSSR count). The lowest BCUT2D eigenvalue weighted by molar-refractivity contribution is -0.119. The second kappa shape index (κ2) is 7.93. The smallest absolute Gasteiger partial charge is 0.264 e. The van der Waals surface area contributed by atoms with Crippen molar-refractivity contribution in [3.63, 3.8) is 0 Å². The number of carbonyl (C=O) groups is 1. The van der Waals surface area contributed by atoms with Crippen LogP contribution in [0.3, 0.4) is 0 Å². The van der Waals surface area contributed by atoms with Gasteiger partial charge in [0.15, 0.2) is 0 Å². The van der Waals surface area contributed by atoms with Gasteiger partial charge >= 0.3 is 0 Å². The quantitative estimate of drug-likeness (QED) is 0.826. The van der Waals surface area contributed by atoms with Crippen LogP contribution in [-0.2, 0) is 16.6 Å². The predicted molar refractivity (Wildman–Crippen MR) is 86.8 cm³/mol. The fraction of sp³-hybridized carbons (Fsp3) is 0.538. The van der Waals surface area contributed by atoms with Gasteiger partial charge < -0.3 is 20.4 Å². The third-order valence-corrected chi connectivity index (χ3v) is 4.05. The molecule has 2 heterocycles. The molecule has 0 bridgehead atoms. The molecule has 21 heavy (non-hydrogen) atoms. The Morgan fingerprint density at radius 3 is 2.71 bits per heavy atom. The van der Waals surface area contributed by atoms with Crippen LogP contribution in [0.15, 0.2) is 21.5 Å². The lowest BCUT2D eigenvalue weighted by Gasteiger charge is -2.26. The van der Waals surface area contributed by atoms with Crippen LogP contribution in [-0.4, -0.2) is 29.7 Å². The number of nitrogens with zero attached hydrogens (tertiary/aromatic N) is 1. The van der Waals surface area contributed by atoms with Crippen LogP contribution >= 0.6 is 28.3 Å². The number of aryl methyl sites for hydroxylation is 1. The van der Waals surface area contributed by atoms with Crippen molar-refractivity contribution in [1.29, 1.82) is 0 Å². The normalized spacial score (nSPS) is 16.9. The topological polar surface area (TPSA) is 86.3 Å². The molecule has 3 N–H and O–H groups in total. The van der Waals surface area contributed by atoms with Gasteiger partial charge in [0.05, 0.1) is 16.2 Å². The van der Waals surface area contributed by atoms with Gasteiger partial charge in [0.1, 0.15) is 0 Å². The number of anilines is 1. The standard InChI is InChI=1S/C13H18BrN3O3.ClH/c1-17-7-9(6-10(14)13(17)19)16-12(18)11(15)8-2-4-20-5-3-8;/h6-8,11H,2-5,15H2,1H3,(H,16,18);1H. The maximum atomic E-state index is 12.1. The largest absolute Gasteiger partial charge is 0.381 e. The summed E-state index contributed by atoms with van der Waals surface area (Å²) in [5, 5.41) is 2.75. The Balaban J connectivity index is 0.00000220. The molecule has 8 heteroatoms. The summed E-state index contributed by atoms with van der Waals surface area (Å²) in [6.07, 6.45) is 3.17. The molecule has 1 aliphatic heterocycles. The highest BCUT2D eigenvalue weighted by Crippen LogP contribution is 2.19. The number of amides is 1. The van der Waals surface area contributed by atoms with Crippen molar-refractivity contribution >= 4 is 39.9 Å². The summed E-state index contributed by atoms with van der Waals surface area (Å²) in [6, 6.07) is 1.02. The van der Waals surface area contributed by atoms with Crippen molar-refractivity contribution in [3.8, 4) is 0 Å². The highest BCUT2D eigenvalue weighted by atomic mass is 79.9. The van der Waals surface area contributed by atoms with Crippen LogP contribution in [0.2, 0.25) is 0 Å².